The highest BCUT2D eigenvalue weighted by atomic mass is 35.5. The number of nitrogens with one attached hydrogen (secondary N) is 2. The van der Waals surface area contributed by atoms with Gasteiger partial charge in [-0.05, 0) is 31.5 Å². The largest absolute Gasteiger partial charge is 0.347 e. The first-order chi connectivity index (χ1) is 11.1. The zero-order chi connectivity index (χ0) is 16.2. The summed E-state index contributed by atoms with van der Waals surface area (Å²) in [6, 6.07) is 7.93. The second-order valence-electron chi connectivity index (χ2n) is 5.41. The van der Waals surface area contributed by atoms with Crippen LogP contribution < -0.4 is 10.6 Å². The van der Waals surface area contributed by atoms with E-state index in [1.165, 1.54) is 10.7 Å². The molecule has 1 amide bonds. The molecule has 8 nitrogen and oxygen atoms in total. The van der Waals surface area contributed by atoms with Gasteiger partial charge in [0.15, 0.2) is 5.69 Å². The molecule has 1 aliphatic rings. The van der Waals surface area contributed by atoms with Crippen LogP contribution in [0.25, 0.3) is 5.69 Å². The number of para-hydroxylation sites is 2. The zero-order valence-electron chi connectivity index (χ0n) is 12.8. The number of aromatic nitrogens is 2. The fraction of sp³-hybridized carbons (Fsp3) is 0.333. The Balaban J connectivity index is 0.00000208. The molecule has 1 unspecified atom stereocenters. The number of carbonyl (C=O) groups is 1. The molecule has 0 spiro atoms. The molecule has 0 bridgehead atoms. The van der Waals surface area contributed by atoms with Crippen molar-refractivity contribution in [3.05, 3.63) is 52.3 Å². The van der Waals surface area contributed by atoms with Gasteiger partial charge in [0, 0.05) is 24.8 Å². The van der Waals surface area contributed by atoms with E-state index in [2.05, 4.69) is 15.7 Å². The lowest BCUT2D eigenvalue weighted by Crippen LogP contribution is -2.45. The van der Waals surface area contributed by atoms with Crippen molar-refractivity contribution in [2.24, 2.45) is 0 Å². The molecule has 0 aliphatic carbocycles. The Morgan fingerprint density at radius 1 is 1.38 bits per heavy atom. The second kappa shape index (κ2) is 7.89. The Kier molecular flexibility index (Phi) is 5.88. The van der Waals surface area contributed by atoms with Gasteiger partial charge < -0.3 is 10.6 Å². The molecule has 0 radical (unpaired) electrons. The lowest BCUT2D eigenvalue weighted by molar-refractivity contribution is -0.384. The van der Waals surface area contributed by atoms with E-state index in [1.54, 1.807) is 30.5 Å². The summed E-state index contributed by atoms with van der Waals surface area (Å²) in [4.78, 5) is 22.8. The van der Waals surface area contributed by atoms with Crippen molar-refractivity contribution in [1.29, 1.82) is 0 Å². The summed E-state index contributed by atoms with van der Waals surface area (Å²) in [6.45, 7) is 1.72. The lowest BCUT2D eigenvalue weighted by Gasteiger charge is -2.23. The van der Waals surface area contributed by atoms with Gasteiger partial charge in [-0.25, -0.2) is 4.68 Å². The van der Waals surface area contributed by atoms with E-state index < -0.39 is 4.92 Å². The molecule has 2 N–H and O–H groups in total. The molecule has 2 aromatic rings. The molecule has 1 aliphatic heterocycles. The molecule has 1 aromatic heterocycles. The van der Waals surface area contributed by atoms with Crippen LogP contribution in [0.4, 0.5) is 5.69 Å². The standard InChI is InChI=1S/C15H17N5O3.ClH/c21-15(17-11-4-3-8-16-10-11)12-7-9-19(18-12)13-5-1-2-6-14(13)20(22)23;/h1-2,5-7,9,11,16H,3-4,8,10H2,(H,17,21);1H. The third-order valence-corrected chi connectivity index (χ3v) is 3.78. The molecule has 0 saturated carbocycles. The number of halogens is 1. The summed E-state index contributed by atoms with van der Waals surface area (Å²) < 4.78 is 1.35. The molecule has 2 heterocycles. The van der Waals surface area contributed by atoms with Crippen LogP contribution in [0.15, 0.2) is 36.5 Å². The molecule has 128 valence electrons. The maximum atomic E-state index is 12.2. The summed E-state index contributed by atoms with van der Waals surface area (Å²) >= 11 is 0. The van der Waals surface area contributed by atoms with Crippen LogP contribution in [0.5, 0.6) is 0 Å². The predicted octanol–water partition coefficient (Wildman–Crippen LogP) is 1.68. The first kappa shape index (κ1) is 17.9. The quantitative estimate of drug-likeness (QED) is 0.644. The molecule has 1 fully saturated rings. The Morgan fingerprint density at radius 3 is 2.88 bits per heavy atom. The number of rotatable bonds is 4. The van der Waals surface area contributed by atoms with Gasteiger partial charge >= 0.3 is 0 Å². The monoisotopic (exact) mass is 351 g/mol. The average Bonchev–Trinajstić information content (AvgIpc) is 3.06. The third kappa shape index (κ3) is 3.90. The molecule has 1 saturated heterocycles. The van der Waals surface area contributed by atoms with E-state index in [0.717, 1.165) is 25.9 Å². The number of piperidine rings is 1. The van der Waals surface area contributed by atoms with E-state index in [-0.39, 0.29) is 35.7 Å². The van der Waals surface area contributed by atoms with Gasteiger partial charge in [-0.3, -0.25) is 14.9 Å². The Labute approximate surface area is 144 Å². The first-order valence-corrected chi connectivity index (χ1v) is 7.46. The maximum Gasteiger partial charge on any atom is 0.294 e. The van der Waals surface area contributed by atoms with Crippen molar-refractivity contribution in [2.45, 2.75) is 18.9 Å². The molecule has 1 aromatic carbocycles. The molecular formula is C15H18ClN5O3. The van der Waals surface area contributed by atoms with Crippen LogP contribution in [-0.2, 0) is 0 Å². The topological polar surface area (TPSA) is 102 Å². The average molecular weight is 352 g/mol. The van der Waals surface area contributed by atoms with E-state index in [0.29, 0.717) is 5.69 Å². The number of benzene rings is 1. The fourth-order valence-corrected chi connectivity index (χ4v) is 2.63. The second-order valence-corrected chi connectivity index (χ2v) is 5.41. The van der Waals surface area contributed by atoms with Crippen LogP contribution >= 0.6 is 12.4 Å². The van der Waals surface area contributed by atoms with Gasteiger partial charge in [-0.15, -0.1) is 12.4 Å². The number of hydrogen-bond donors (Lipinski definition) is 2. The highest BCUT2D eigenvalue weighted by molar-refractivity contribution is 5.92. The zero-order valence-corrected chi connectivity index (χ0v) is 13.7. The maximum absolute atomic E-state index is 12.2. The van der Waals surface area contributed by atoms with Crippen molar-refractivity contribution in [3.63, 3.8) is 0 Å². The van der Waals surface area contributed by atoms with E-state index in [9.17, 15) is 14.9 Å². The summed E-state index contributed by atoms with van der Waals surface area (Å²) in [5.41, 5.74) is 0.517. The van der Waals surface area contributed by atoms with Crippen molar-refractivity contribution >= 4 is 24.0 Å². The normalized spacial score (nSPS) is 16.9. The molecule has 9 heteroatoms. The number of amides is 1. The van der Waals surface area contributed by atoms with Gasteiger partial charge in [0.05, 0.1) is 4.92 Å². The van der Waals surface area contributed by atoms with Gasteiger partial charge in [0.25, 0.3) is 11.6 Å². The van der Waals surface area contributed by atoms with E-state index in [4.69, 9.17) is 0 Å². The number of nitrogens with zero attached hydrogens (tertiary/aromatic N) is 3. The minimum absolute atomic E-state index is 0. The number of nitro benzene ring substituents is 1. The van der Waals surface area contributed by atoms with Gasteiger partial charge in [-0.1, -0.05) is 12.1 Å². The SMILES string of the molecule is Cl.O=C(NC1CCCNC1)c1ccn(-c2ccccc2[N+](=O)[O-])n1. The van der Waals surface area contributed by atoms with Crippen LogP contribution in [0.2, 0.25) is 0 Å². The minimum Gasteiger partial charge on any atom is -0.347 e. The predicted molar refractivity (Wildman–Crippen MR) is 90.8 cm³/mol. The molecule has 3 rings (SSSR count). The summed E-state index contributed by atoms with van der Waals surface area (Å²) in [7, 11) is 0. The Hall–Kier alpha value is -2.45. The van der Waals surface area contributed by atoms with Crippen molar-refractivity contribution < 1.29 is 9.72 Å². The number of hydrogen-bond acceptors (Lipinski definition) is 5. The molecular weight excluding hydrogens is 334 g/mol. The fourth-order valence-electron chi connectivity index (χ4n) is 2.63. The summed E-state index contributed by atoms with van der Waals surface area (Å²) in [5, 5.41) is 21.4. The summed E-state index contributed by atoms with van der Waals surface area (Å²) in [5.74, 6) is -0.268. The highest BCUT2D eigenvalue weighted by Crippen LogP contribution is 2.21. The van der Waals surface area contributed by atoms with Gasteiger partial charge in [0.2, 0.25) is 0 Å². The van der Waals surface area contributed by atoms with Crippen LogP contribution in [0, 0.1) is 10.1 Å². The van der Waals surface area contributed by atoms with Crippen molar-refractivity contribution in [3.8, 4) is 5.69 Å². The first-order valence-electron chi connectivity index (χ1n) is 7.46. The lowest BCUT2D eigenvalue weighted by atomic mass is 10.1. The Bertz CT molecular complexity index is 727. The van der Waals surface area contributed by atoms with Gasteiger partial charge in [0.1, 0.15) is 5.69 Å². The van der Waals surface area contributed by atoms with Crippen LogP contribution in [-0.4, -0.2) is 39.7 Å². The van der Waals surface area contributed by atoms with E-state index in [1.807, 2.05) is 0 Å². The number of nitro groups is 1. The molecule has 24 heavy (non-hydrogen) atoms. The number of carbonyl (C=O) groups excluding carboxylic acids is 1. The summed E-state index contributed by atoms with van der Waals surface area (Å²) in [6.07, 6.45) is 3.51. The van der Waals surface area contributed by atoms with Crippen LogP contribution in [0.3, 0.4) is 0 Å². The molecule has 1 atom stereocenters. The van der Waals surface area contributed by atoms with Crippen molar-refractivity contribution in [2.75, 3.05) is 13.1 Å². The van der Waals surface area contributed by atoms with Crippen molar-refractivity contribution in [1.82, 2.24) is 20.4 Å². The highest BCUT2D eigenvalue weighted by Gasteiger charge is 2.20. The van der Waals surface area contributed by atoms with E-state index >= 15 is 0 Å². The van der Waals surface area contributed by atoms with Crippen LogP contribution in [0.1, 0.15) is 23.3 Å². The minimum atomic E-state index is -0.468. The van der Waals surface area contributed by atoms with Gasteiger partial charge in [-0.2, -0.15) is 5.10 Å². The third-order valence-electron chi connectivity index (χ3n) is 3.78. The Morgan fingerprint density at radius 2 is 2.17 bits per heavy atom. The smallest absolute Gasteiger partial charge is 0.294 e.